The predicted octanol–water partition coefficient (Wildman–Crippen LogP) is 4.56. The molecule has 6 nitrogen and oxygen atoms in total. The molecule has 3 aromatic rings. The predicted molar refractivity (Wildman–Crippen MR) is 138 cm³/mol. The van der Waals surface area contributed by atoms with Crippen LogP contribution in [0.15, 0.2) is 88.2 Å². The van der Waals surface area contributed by atoms with Crippen LogP contribution in [0.1, 0.15) is 24.0 Å². The van der Waals surface area contributed by atoms with Gasteiger partial charge in [0, 0.05) is 17.6 Å². The van der Waals surface area contributed by atoms with Crippen molar-refractivity contribution >= 4 is 37.5 Å². The Balaban J connectivity index is 1.46. The van der Waals surface area contributed by atoms with Crippen LogP contribution in [0, 0.1) is 0 Å². The first-order chi connectivity index (χ1) is 16.4. The molecule has 8 heteroatoms. The molecule has 34 heavy (non-hydrogen) atoms. The second kappa shape index (κ2) is 11.2. The first-order valence-corrected chi connectivity index (χ1v) is 13.6. The van der Waals surface area contributed by atoms with Gasteiger partial charge < -0.3 is 5.32 Å². The Hall–Kier alpha value is -2.68. The molecule has 1 N–H and O–H groups in total. The fourth-order valence-corrected chi connectivity index (χ4v) is 5.77. The van der Waals surface area contributed by atoms with Gasteiger partial charge in [0.05, 0.1) is 10.6 Å². The molecule has 1 heterocycles. The van der Waals surface area contributed by atoms with Gasteiger partial charge in [0.2, 0.25) is 5.91 Å². The van der Waals surface area contributed by atoms with E-state index in [0.717, 1.165) is 34.0 Å². The van der Waals surface area contributed by atoms with Crippen molar-refractivity contribution in [2.24, 2.45) is 0 Å². The third-order valence-corrected chi connectivity index (χ3v) is 8.14. The summed E-state index contributed by atoms with van der Waals surface area (Å²) in [5.41, 5.74) is 2.64. The summed E-state index contributed by atoms with van der Waals surface area (Å²) in [6, 6.07) is 23.2. The van der Waals surface area contributed by atoms with Crippen LogP contribution >= 0.6 is 15.9 Å². The van der Waals surface area contributed by atoms with Gasteiger partial charge in [-0.05, 0) is 73.5 Å². The van der Waals surface area contributed by atoms with Gasteiger partial charge in [-0.2, -0.15) is 0 Å². The van der Waals surface area contributed by atoms with Crippen LogP contribution in [-0.2, 0) is 27.9 Å². The van der Waals surface area contributed by atoms with Crippen molar-refractivity contribution in [2.75, 3.05) is 23.9 Å². The quantitative estimate of drug-likeness (QED) is 0.431. The number of carbonyl (C=O) groups is 1. The highest BCUT2D eigenvalue weighted by Crippen LogP contribution is 2.25. The van der Waals surface area contributed by atoms with Crippen LogP contribution < -0.4 is 9.62 Å². The van der Waals surface area contributed by atoms with Gasteiger partial charge in [0.1, 0.15) is 6.54 Å². The minimum absolute atomic E-state index is 0.139. The van der Waals surface area contributed by atoms with E-state index in [2.05, 4.69) is 38.3 Å². The van der Waals surface area contributed by atoms with Crippen molar-refractivity contribution in [3.8, 4) is 0 Å². The lowest BCUT2D eigenvalue weighted by molar-refractivity contribution is -0.119. The molecular formula is C26H28BrN3O3S. The zero-order chi connectivity index (χ0) is 24.0. The molecule has 0 unspecified atom stereocenters. The van der Waals surface area contributed by atoms with Crippen molar-refractivity contribution in [3.63, 3.8) is 0 Å². The Kier molecular flexibility index (Phi) is 8.03. The molecule has 1 aliphatic heterocycles. The summed E-state index contributed by atoms with van der Waals surface area (Å²) in [5, 5.41) is 2.89. The van der Waals surface area contributed by atoms with Crippen LogP contribution in [0.25, 0.3) is 0 Å². The summed E-state index contributed by atoms with van der Waals surface area (Å²) >= 11 is 3.37. The molecule has 1 saturated heterocycles. The Labute approximate surface area is 209 Å². The van der Waals surface area contributed by atoms with Crippen LogP contribution in [-0.4, -0.2) is 38.9 Å². The van der Waals surface area contributed by atoms with E-state index in [1.807, 2.05) is 12.1 Å². The van der Waals surface area contributed by atoms with Gasteiger partial charge in [-0.25, -0.2) is 8.42 Å². The molecule has 1 aliphatic rings. The fraction of sp³-hybridized carbons (Fsp3) is 0.269. The summed E-state index contributed by atoms with van der Waals surface area (Å²) < 4.78 is 28.7. The van der Waals surface area contributed by atoms with Crippen LogP contribution in [0.5, 0.6) is 0 Å². The van der Waals surface area contributed by atoms with Crippen LogP contribution in [0.2, 0.25) is 0 Å². The second-order valence-corrected chi connectivity index (χ2v) is 11.2. The third-order valence-electron chi connectivity index (χ3n) is 5.82. The monoisotopic (exact) mass is 541 g/mol. The molecule has 1 fully saturated rings. The molecule has 0 saturated carbocycles. The van der Waals surface area contributed by atoms with E-state index in [-0.39, 0.29) is 17.3 Å². The van der Waals surface area contributed by atoms with E-state index in [4.69, 9.17) is 0 Å². The Morgan fingerprint density at radius 3 is 2.29 bits per heavy atom. The van der Waals surface area contributed by atoms with Crippen molar-refractivity contribution in [2.45, 2.75) is 30.8 Å². The minimum Gasteiger partial charge on any atom is -0.350 e. The molecular weight excluding hydrogens is 514 g/mol. The average Bonchev–Trinajstić information content (AvgIpc) is 3.36. The maximum absolute atomic E-state index is 13.4. The average molecular weight is 542 g/mol. The summed E-state index contributed by atoms with van der Waals surface area (Å²) in [6.07, 6.45) is 2.49. The maximum atomic E-state index is 13.4. The van der Waals surface area contributed by atoms with E-state index >= 15 is 0 Å². The van der Waals surface area contributed by atoms with Crippen molar-refractivity contribution in [3.05, 3.63) is 94.5 Å². The molecule has 1 amide bonds. The fourth-order valence-electron chi connectivity index (χ4n) is 4.07. The van der Waals surface area contributed by atoms with Gasteiger partial charge in [0.25, 0.3) is 10.0 Å². The number of amides is 1. The Morgan fingerprint density at radius 1 is 0.912 bits per heavy atom. The number of sulfonamides is 1. The minimum atomic E-state index is -3.91. The highest BCUT2D eigenvalue weighted by molar-refractivity contribution is 9.10. The lowest BCUT2D eigenvalue weighted by Crippen LogP contribution is -2.40. The highest BCUT2D eigenvalue weighted by Gasteiger charge is 2.27. The number of hydrogen-bond acceptors (Lipinski definition) is 4. The molecule has 0 atom stereocenters. The molecule has 4 rings (SSSR count). The number of nitrogens with one attached hydrogen (secondary N) is 1. The number of benzene rings is 3. The number of anilines is 1. The summed E-state index contributed by atoms with van der Waals surface area (Å²) in [7, 11) is -3.91. The van der Waals surface area contributed by atoms with Gasteiger partial charge in [-0.15, -0.1) is 0 Å². The first-order valence-electron chi connectivity index (χ1n) is 11.3. The Bertz CT molecular complexity index is 1210. The first kappa shape index (κ1) is 24.4. The molecule has 0 aromatic heterocycles. The van der Waals surface area contributed by atoms with Gasteiger partial charge in [-0.3, -0.25) is 14.0 Å². The smallest absolute Gasteiger partial charge is 0.264 e. The standard InChI is InChI=1S/C26H28BrN3O3S/c27-23-11-13-24(14-12-23)30(34(32,33)25-9-2-1-3-10-25)20-26(31)28-18-21-7-6-8-22(17-21)19-29-15-4-5-16-29/h1-3,6-14,17H,4-5,15-16,18-20H2,(H,28,31). The lowest BCUT2D eigenvalue weighted by atomic mass is 10.1. The number of carbonyl (C=O) groups excluding carboxylic acids is 1. The molecule has 3 aromatic carbocycles. The molecule has 0 radical (unpaired) electrons. The topological polar surface area (TPSA) is 69.7 Å². The van der Waals surface area contributed by atoms with Crippen molar-refractivity contribution in [1.82, 2.24) is 10.2 Å². The number of likely N-dealkylation sites (tertiary alicyclic amines) is 1. The molecule has 178 valence electrons. The SMILES string of the molecule is O=C(CN(c1ccc(Br)cc1)S(=O)(=O)c1ccccc1)NCc1cccc(CN2CCCC2)c1. The number of nitrogens with zero attached hydrogens (tertiary/aromatic N) is 2. The van der Waals surface area contributed by atoms with Crippen molar-refractivity contribution in [1.29, 1.82) is 0 Å². The van der Waals surface area contributed by atoms with Crippen LogP contribution in [0.3, 0.4) is 0 Å². The zero-order valence-corrected chi connectivity index (χ0v) is 21.3. The molecule has 0 spiro atoms. The van der Waals surface area contributed by atoms with Crippen LogP contribution in [0.4, 0.5) is 5.69 Å². The second-order valence-electron chi connectivity index (χ2n) is 8.38. The van der Waals surface area contributed by atoms with E-state index in [1.165, 1.54) is 30.5 Å². The lowest BCUT2D eigenvalue weighted by Gasteiger charge is -2.24. The van der Waals surface area contributed by atoms with Crippen molar-refractivity contribution < 1.29 is 13.2 Å². The largest absolute Gasteiger partial charge is 0.350 e. The highest BCUT2D eigenvalue weighted by atomic mass is 79.9. The van der Waals surface area contributed by atoms with E-state index < -0.39 is 10.0 Å². The molecule has 0 aliphatic carbocycles. The summed E-state index contributed by atoms with van der Waals surface area (Å²) in [4.78, 5) is 15.4. The van der Waals surface area contributed by atoms with Gasteiger partial charge in [0.15, 0.2) is 0 Å². The summed E-state index contributed by atoms with van der Waals surface area (Å²) in [5.74, 6) is -0.368. The number of rotatable bonds is 9. The Morgan fingerprint density at radius 2 is 1.59 bits per heavy atom. The number of halogens is 1. The maximum Gasteiger partial charge on any atom is 0.264 e. The molecule has 0 bridgehead atoms. The summed E-state index contributed by atoms with van der Waals surface area (Å²) in [6.45, 7) is 3.19. The third kappa shape index (κ3) is 6.25. The van der Waals surface area contributed by atoms with E-state index in [0.29, 0.717) is 12.2 Å². The van der Waals surface area contributed by atoms with E-state index in [9.17, 15) is 13.2 Å². The number of hydrogen-bond donors (Lipinski definition) is 1. The normalized spacial score (nSPS) is 14.1. The van der Waals surface area contributed by atoms with Gasteiger partial charge in [-0.1, -0.05) is 58.4 Å². The van der Waals surface area contributed by atoms with E-state index in [1.54, 1.807) is 42.5 Å². The zero-order valence-electron chi connectivity index (χ0n) is 18.9. The van der Waals surface area contributed by atoms with Gasteiger partial charge >= 0.3 is 0 Å².